The number of hydrogen-bond donors (Lipinski definition) is 1. The Morgan fingerprint density at radius 3 is 2.57 bits per heavy atom. The van der Waals surface area contributed by atoms with Crippen LogP contribution in [0.15, 0.2) is 29.3 Å². The lowest BCUT2D eigenvalue weighted by molar-refractivity contribution is 0.463. The van der Waals surface area contributed by atoms with Crippen LogP contribution in [0.3, 0.4) is 0 Å². The predicted molar refractivity (Wildman–Crippen MR) is 101 cm³/mol. The molecule has 0 bridgehead atoms. The summed E-state index contributed by atoms with van der Waals surface area (Å²) in [5, 5.41) is 3.22. The molecule has 8 heteroatoms. The molecule has 0 spiro atoms. The van der Waals surface area contributed by atoms with Gasteiger partial charge >= 0.3 is 0 Å². The highest BCUT2D eigenvalue weighted by Crippen LogP contribution is 2.17. The van der Waals surface area contributed by atoms with Gasteiger partial charge in [-0.2, -0.15) is 0 Å². The van der Waals surface area contributed by atoms with E-state index in [9.17, 15) is 12.8 Å². The lowest BCUT2D eigenvalue weighted by atomic mass is 10.1. The minimum Gasteiger partial charge on any atom is -0.356 e. The molecule has 1 atom stereocenters. The van der Waals surface area contributed by atoms with Gasteiger partial charge in [-0.1, -0.05) is 12.1 Å². The van der Waals surface area contributed by atoms with Crippen LogP contribution in [-0.4, -0.2) is 51.4 Å². The molecular weight excluding hydrogens is 432 g/mol. The first-order chi connectivity index (χ1) is 10.4. The number of hydrogen-bond acceptors (Lipinski definition) is 3. The Morgan fingerprint density at radius 2 is 2.04 bits per heavy atom. The molecule has 1 N–H and O–H groups in total. The fraction of sp³-hybridized carbons (Fsp3) is 0.533. The standard InChI is InChI=1S/C15H22FN3O2S.HI/c1-17-15(18-9-13-7-8-22(20,21)11-13)19(2)10-12-3-5-14(16)6-4-12;/h3-6,13H,7-11H2,1-2H3,(H,17,18);1H. The van der Waals surface area contributed by atoms with Gasteiger partial charge in [-0.3, -0.25) is 4.99 Å². The Kier molecular flexibility index (Phi) is 7.72. The molecule has 1 aliphatic heterocycles. The Balaban J connectivity index is 0.00000264. The molecule has 5 nitrogen and oxygen atoms in total. The summed E-state index contributed by atoms with van der Waals surface area (Å²) >= 11 is 0. The number of halogens is 2. The normalized spacial score (nSPS) is 20.0. The van der Waals surface area contributed by atoms with Crippen LogP contribution in [0.2, 0.25) is 0 Å². The van der Waals surface area contributed by atoms with Crippen molar-refractivity contribution >= 4 is 39.8 Å². The quantitative estimate of drug-likeness (QED) is 0.428. The lowest BCUT2D eigenvalue weighted by Crippen LogP contribution is -2.40. The van der Waals surface area contributed by atoms with Gasteiger partial charge in [0.25, 0.3) is 0 Å². The number of aliphatic imine (C=N–C) groups is 1. The van der Waals surface area contributed by atoms with E-state index in [4.69, 9.17) is 0 Å². The molecule has 1 aromatic carbocycles. The van der Waals surface area contributed by atoms with Gasteiger partial charge in [0.05, 0.1) is 11.5 Å². The van der Waals surface area contributed by atoms with E-state index >= 15 is 0 Å². The van der Waals surface area contributed by atoms with Crippen LogP contribution < -0.4 is 5.32 Å². The van der Waals surface area contributed by atoms with Gasteiger partial charge in [-0.15, -0.1) is 24.0 Å². The van der Waals surface area contributed by atoms with Gasteiger partial charge < -0.3 is 10.2 Å². The molecular formula is C15H23FIN3O2S. The Labute approximate surface area is 154 Å². The van der Waals surface area contributed by atoms with Gasteiger partial charge in [-0.25, -0.2) is 12.8 Å². The average Bonchev–Trinajstić information content (AvgIpc) is 2.81. The van der Waals surface area contributed by atoms with Crippen LogP contribution >= 0.6 is 24.0 Å². The van der Waals surface area contributed by atoms with Crippen molar-refractivity contribution < 1.29 is 12.8 Å². The maximum Gasteiger partial charge on any atom is 0.193 e. The zero-order valence-corrected chi connectivity index (χ0v) is 16.5. The molecule has 2 rings (SSSR count). The number of guanidine groups is 1. The van der Waals surface area contributed by atoms with Crippen LogP contribution in [0.4, 0.5) is 4.39 Å². The molecule has 23 heavy (non-hydrogen) atoms. The minimum absolute atomic E-state index is 0. The third kappa shape index (κ3) is 6.25. The van der Waals surface area contributed by atoms with Crippen LogP contribution in [0, 0.1) is 11.7 Å². The summed E-state index contributed by atoms with van der Waals surface area (Å²) in [4.78, 5) is 6.13. The van der Waals surface area contributed by atoms with Crippen molar-refractivity contribution in [2.75, 3.05) is 32.1 Å². The first kappa shape index (κ1) is 20.1. The van der Waals surface area contributed by atoms with Crippen molar-refractivity contribution in [3.05, 3.63) is 35.6 Å². The first-order valence-corrected chi connectivity index (χ1v) is 9.08. The first-order valence-electron chi connectivity index (χ1n) is 7.26. The SMILES string of the molecule is CN=C(NCC1CCS(=O)(=O)C1)N(C)Cc1ccc(F)cc1.I. The predicted octanol–water partition coefficient (Wildman–Crippen LogP) is 1.89. The Morgan fingerprint density at radius 1 is 1.39 bits per heavy atom. The fourth-order valence-electron chi connectivity index (χ4n) is 2.59. The summed E-state index contributed by atoms with van der Waals surface area (Å²) in [6.07, 6.45) is 0.702. The zero-order chi connectivity index (χ0) is 16.2. The number of sulfone groups is 1. The highest BCUT2D eigenvalue weighted by molar-refractivity contribution is 14.0. The fourth-order valence-corrected chi connectivity index (χ4v) is 4.45. The van der Waals surface area contributed by atoms with Crippen molar-refractivity contribution in [1.29, 1.82) is 0 Å². The molecule has 0 amide bonds. The summed E-state index contributed by atoms with van der Waals surface area (Å²) in [6, 6.07) is 6.34. The van der Waals surface area contributed by atoms with Crippen molar-refractivity contribution in [2.24, 2.45) is 10.9 Å². The van der Waals surface area contributed by atoms with Crippen molar-refractivity contribution in [1.82, 2.24) is 10.2 Å². The molecule has 1 fully saturated rings. The smallest absolute Gasteiger partial charge is 0.193 e. The molecule has 1 saturated heterocycles. The number of rotatable bonds is 4. The second kappa shape index (κ2) is 8.81. The molecule has 0 radical (unpaired) electrons. The molecule has 1 aliphatic rings. The number of benzene rings is 1. The van der Waals surface area contributed by atoms with Crippen molar-refractivity contribution in [2.45, 2.75) is 13.0 Å². The second-order valence-electron chi connectivity index (χ2n) is 5.68. The van der Waals surface area contributed by atoms with E-state index in [2.05, 4.69) is 10.3 Å². The summed E-state index contributed by atoms with van der Waals surface area (Å²) in [6.45, 7) is 1.20. The van der Waals surface area contributed by atoms with E-state index in [1.807, 2.05) is 11.9 Å². The maximum atomic E-state index is 12.9. The Hall–Kier alpha value is -0.900. The second-order valence-corrected chi connectivity index (χ2v) is 7.91. The maximum absolute atomic E-state index is 12.9. The van der Waals surface area contributed by atoms with Gasteiger partial charge in [0.2, 0.25) is 0 Å². The molecule has 1 heterocycles. The number of nitrogens with zero attached hydrogens (tertiary/aromatic N) is 2. The molecule has 0 saturated carbocycles. The van der Waals surface area contributed by atoms with Gasteiger partial charge in [-0.05, 0) is 30.0 Å². The van der Waals surface area contributed by atoms with E-state index in [1.165, 1.54) is 12.1 Å². The molecule has 0 aromatic heterocycles. The molecule has 0 aliphatic carbocycles. The van der Waals surface area contributed by atoms with E-state index in [0.717, 1.165) is 5.56 Å². The summed E-state index contributed by atoms with van der Waals surface area (Å²) in [5.74, 6) is 1.12. The highest BCUT2D eigenvalue weighted by Gasteiger charge is 2.27. The minimum atomic E-state index is -2.85. The van der Waals surface area contributed by atoms with E-state index in [-0.39, 0.29) is 47.2 Å². The topological polar surface area (TPSA) is 61.8 Å². The van der Waals surface area contributed by atoms with Gasteiger partial charge in [0.1, 0.15) is 5.82 Å². The van der Waals surface area contributed by atoms with Crippen LogP contribution in [0.25, 0.3) is 0 Å². The van der Waals surface area contributed by atoms with E-state index < -0.39 is 9.84 Å². The number of nitrogens with one attached hydrogen (secondary N) is 1. The molecule has 130 valence electrons. The molecule has 1 aromatic rings. The average molecular weight is 455 g/mol. The van der Waals surface area contributed by atoms with E-state index in [1.54, 1.807) is 19.2 Å². The van der Waals surface area contributed by atoms with Crippen LogP contribution in [0.5, 0.6) is 0 Å². The summed E-state index contributed by atoms with van der Waals surface area (Å²) in [5.41, 5.74) is 0.982. The van der Waals surface area contributed by atoms with Crippen LogP contribution in [0.1, 0.15) is 12.0 Å². The van der Waals surface area contributed by atoms with Crippen LogP contribution in [-0.2, 0) is 16.4 Å². The third-order valence-corrected chi connectivity index (χ3v) is 5.62. The van der Waals surface area contributed by atoms with E-state index in [0.29, 0.717) is 25.5 Å². The monoisotopic (exact) mass is 455 g/mol. The highest BCUT2D eigenvalue weighted by atomic mass is 127. The van der Waals surface area contributed by atoms with Crippen molar-refractivity contribution in [3.8, 4) is 0 Å². The lowest BCUT2D eigenvalue weighted by Gasteiger charge is -2.23. The van der Waals surface area contributed by atoms with Crippen molar-refractivity contribution in [3.63, 3.8) is 0 Å². The van der Waals surface area contributed by atoms with Gasteiger partial charge in [0, 0.05) is 27.2 Å². The summed E-state index contributed by atoms with van der Waals surface area (Å²) in [7, 11) is 0.730. The Bertz CT molecular complexity index is 635. The zero-order valence-electron chi connectivity index (χ0n) is 13.3. The largest absolute Gasteiger partial charge is 0.356 e. The van der Waals surface area contributed by atoms with Gasteiger partial charge in [0.15, 0.2) is 15.8 Å². The molecule has 1 unspecified atom stereocenters. The third-order valence-electron chi connectivity index (χ3n) is 3.78. The summed E-state index contributed by atoms with van der Waals surface area (Å²) < 4.78 is 35.8.